The van der Waals surface area contributed by atoms with Crippen molar-refractivity contribution in [2.45, 2.75) is 32.7 Å². The molecule has 0 spiro atoms. The fraction of sp³-hybridized carbons (Fsp3) is 0.333. The second-order valence-electron chi connectivity index (χ2n) is 6.03. The summed E-state index contributed by atoms with van der Waals surface area (Å²) in [5.74, 6) is 1.82. The third-order valence-electron chi connectivity index (χ3n) is 3.20. The molecule has 2 nitrogen and oxygen atoms in total. The molecule has 106 valence electrons. The first-order chi connectivity index (χ1) is 9.50. The van der Waals surface area contributed by atoms with Crippen LogP contribution in [0.5, 0.6) is 11.5 Å². The maximum absolute atomic E-state index is 6.10. The fourth-order valence-corrected chi connectivity index (χ4v) is 2.23. The molecule has 2 rings (SSSR count). The number of benzene rings is 2. The molecule has 0 saturated carbocycles. The van der Waals surface area contributed by atoms with Gasteiger partial charge in [-0.25, -0.2) is 0 Å². The van der Waals surface area contributed by atoms with E-state index in [1.54, 1.807) is 0 Å². The summed E-state index contributed by atoms with van der Waals surface area (Å²) in [6.45, 7) is 7.45. The summed E-state index contributed by atoms with van der Waals surface area (Å²) < 4.78 is 6.10. The Balaban J connectivity index is 2.28. The van der Waals surface area contributed by atoms with Crippen LogP contribution in [0.4, 0.5) is 0 Å². The monoisotopic (exact) mass is 269 g/mol. The van der Waals surface area contributed by atoms with Crippen molar-refractivity contribution in [1.29, 1.82) is 0 Å². The fourth-order valence-electron chi connectivity index (χ4n) is 2.23. The average Bonchev–Trinajstić information content (AvgIpc) is 2.39. The van der Waals surface area contributed by atoms with Crippen LogP contribution in [-0.2, 0) is 12.0 Å². The van der Waals surface area contributed by atoms with Gasteiger partial charge in [-0.05, 0) is 36.2 Å². The van der Waals surface area contributed by atoms with Crippen LogP contribution in [0, 0.1) is 0 Å². The summed E-state index contributed by atoms with van der Waals surface area (Å²) in [4.78, 5) is 0. The Morgan fingerprint density at radius 2 is 1.75 bits per heavy atom. The first-order valence-corrected chi connectivity index (χ1v) is 7.01. The molecule has 2 aromatic rings. The van der Waals surface area contributed by atoms with E-state index in [4.69, 9.17) is 4.74 Å². The van der Waals surface area contributed by atoms with Gasteiger partial charge in [0.15, 0.2) is 0 Å². The Labute approximate surface area is 121 Å². The number of ether oxygens (including phenoxy) is 1. The van der Waals surface area contributed by atoms with Crippen LogP contribution < -0.4 is 10.1 Å². The van der Waals surface area contributed by atoms with Crippen molar-refractivity contribution >= 4 is 0 Å². The molecule has 0 fully saturated rings. The molecule has 0 atom stereocenters. The molecule has 0 amide bonds. The standard InChI is InChI=1S/C18H23NO/c1-18(2,3)16-10-5-6-11-17(16)20-15-9-7-8-14(12-15)13-19-4/h5-12,19H,13H2,1-4H3. The van der Waals surface area contributed by atoms with Gasteiger partial charge in [0.1, 0.15) is 11.5 Å². The zero-order chi connectivity index (χ0) is 14.6. The van der Waals surface area contributed by atoms with Crippen molar-refractivity contribution in [2.75, 3.05) is 7.05 Å². The highest BCUT2D eigenvalue weighted by Crippen LogP contribution is 2.34. The number of para-hydroxylation sites is 1. The molecule has 2 heteroatoms. The van der Waals surface area contributed by atoms with Crippen molar-refractivity contribution in [1.82, 2.24) is 5.32 Å². The van der Waals surface area contributed by atoms with E-state index >= 15 is 0 Å². The van der Waals surface area contributed by atoms with E-state index in [0.717, 1.165) is 18.0 Å². The van der Waals surface area contributed by atoms with Crippen LogP contribution in [-0.4, -0.2) is 7.05 Å². The molecule has 0 bridgehead atoms. The number of hydrogen-bond donors (Lipinski definition) is 1. The van der Waals surface area contributed by atoms with Crippen LogP contribution in [0.1, 0.15) is 31.9 Å². The molecule has 2 aromatic carbocycles. The first kappa shape index (κ1) is 14.6. The molecule has 0 aliphatic rings. The van der Waals surface area contributed by atoms with Crippen LogP contribution >= 0.6 is 0 Å². The minimum atomic E-state index is 0.0686. The van der Waals surface area contributed by atoms with E-state index in [1.807, 2.05) is 31.3 Å². The van der Waals surface area contributed by atoms with E-state index in [0.29, 0.717) is 0 Å². The SMILES string of the molecule is CNCc1cccc(Oc2ccccc2C(C)(C)C)c1. The van der Waals surface area contributed by atoms with Gasteiger partial charge in [-0.2, -0.15) is 0 Å². The average molecular weight is 269 g/mol. The van der Waals surface area contributed by atoms with Gasteiger partial charge in [0, 0.05) is 12.1 Å². The smallest absolute Gasteiger partial charge is 0.131 e. The van der Waals surface area contributed by atoms with Gasteiger partial charge in [-0.15, -0.1) is 0 Å². The minimum Gasteiger partial charge on any atom is -0.457 e. The quantitative estimate of drug-likeness (QED) is 0.882. The lowest BCUT2D eigenvalue weighted by Crippen LogP contribution is -2.12. The Kier molecular flexibility index (Phi) is 4.46. The number of hydrogen-bond acceptors (Lipinski definition) is 2. The summed E-state index contributed by atoms with van der Waals surface area (Å²) in [5, 5.41) is 3.16. The topological polar surface area (TPSA) is 21.3 Å². The zero-order valence-corrected chi connectivity index (χ0v) is 12.7. The van der Waals surface area contributed by atoms with Gasteiger partial charge in [0.05, 0.1) is 0 Å². The zero-order valence-electron chi connectivity index (χ0n) is 12.7. The van der Waals surface area contributed by atoms with E-state index in [2.05, 4.69) is 50.4 Å². The molecular formula is C18H23NO. The second kappa shape index (κ2) is 6.10. The minimum absolute atomic E-state index is 0.0686. The first-order valence-electron chi connectivity index (χ1n) is 7.01. The molecule has 0 aliphatic heterocycles. The highest BCUT2D eigenvalue weighted by Gasteiger charge is 2.18. The third-order valence-corrected chi connectivity index (χ3v) is 3.20. The molecule has 20 heavy (non-hydrogen) atoms. The molecule has 0 aliphatic carbocycles. The largest absolute Gasteiger partial charge is 0.457 e. The van der Waals surface area contributed by atoms with E-state index in [9.17, 15) is 0 Å². The highest BCUT2D eigenvalue weighted by molar-refractivity contribution is 5.42. The summed E-state index contributed by atoms with van der Waals surface area (Å²) in [6.07, 6.45) is 0. The maximum Gasteiger partial charge on any atom is 0.131 e. The van der Waals surface area contributed by atoms with Crippen LogP contribution in [0.3, 0.4) is 0 Å². The van der Waals surface area contributed by atoms with Crippen LogP contribution in [0.2, 0.25) is 0 Å². The van der Waals surface area contributed by atoms with Gasteiger partial charge in [-0.3, -0.25) is 0 Å². The molecule has 0 heterocycles. The van der Waals surface area contributed by atoms with E-state index in [1.165, 1.54) is 11.1 Å². The second-order valence-corrected chi connectivity index (χ2v) is 6.03. The van der Waals surface area contributed by atoms with Gasteiger partial charge >= 0.3 is 0 Å². The Bertz CT molecular complexity index is 570. The van der Waals surface area contributed by atoms with Gasteiger partial charge < -0.3 is 10.1 Å². The lowest BCUT2D eigenvalue weighted by molar-refractivity contribution is 0.454. The Hall–Kier alpha value is -1.80. The summed E-state index contributed by atoms with van der Waals surface area (Å²) in [7, 11) is 1.95. The normalized spacial score (nSPS) is 11.4. The molecule has 1 N–H and O–H groups in total. The number of rotatable bonds is 4. The van der Waals surface area contributed by atoms with Gasteiger partial charge in [-0.1, -0.05) is 51.1 Å². The van der Waals surface area contributed by atoms with E-state index < -0.39 is 0 Å². The third kappa shape index (κ3) is 3.61. The molecule has 0 saturated heterocycles. The molecule has 0 aromatic heterocycles. The maximum atomic E-state index is 6.10. The lowest BCUT2D eigenvalue weighted by Gasteiger charge is -2.22. The summed E-state index contributed by atoms with van der Waals surface area (Å²) in [6, 6.07) is 16.4. The Morgan fingerprint density at radius 3 is 2.45 bits per heavy atom. The Morgan fingerprint density at radius 1 is 1.00 bits per heavy atom. The molecular weight excluding hydrogens is 246 g/mol. The van der Waals surface area contributed by atoms with Crippen molar-refractivity contribution in [3.05, 3.63) is 59.7 Å². The highest BCUT2D eigenvalue weighted by atomic mass is 16.5. The number of nitrogens with one attached hydrogen (secondary N) is 1. The molecule has 0 radical (unpaired) electrons. The van der Waals surface area contributed by atoms with Crippen molar-refractivity contribution in [3.63, 3.8) is 0 Å². The van der Waals surface area contributed by atoms with Crippen molar-refractivity contribution in [2.24, 2.45) is 0 Å². The predicted octanol–water partition coefficient (Wildman–Crippen LogP) is 4.50. The predicted molar refractivity (Wildman–Crippen MR) is 84.4 cm³/mol. The summed E-state index contributed by atoms with van der Waals surface area (Å²) in [5.41, 5.74) is 2.51. The van der Waals surface area contributed by atoms with Gasteiger partial charge in [0.25, 0.3) is 0 Å². The van der Waals surface area contributed by atoms with Crippen molar-refractivity contribution < 1.29 is 4.74 Å². The van der Waals surface area contributed by atoms with Crippen LogP contribution in [0.25, 0.3) is 0 Å². The summed E-state index contributed by atoms with van der Waals surface area (Å²) >= 11 is 0. The molecule has 0 unspecified atom stereocenters. The lowest BCUT2D eigenvalue weighted by atomic mass is 9.86. The van der Waals surface area contributed by atoms with Crippen LogP contribution in [0.15, 0.2) is 48.5 Å². The van der Waals surface area contributed by atoms with Crippen molar-refractivity contribution in [3.8, 4) is 11.5 Å². The van der Waals surface area contributed by atoms with Gasteiger partial charge in [0.2, 0.25) is 0 Å². The van der Waals surface area contributed by atoms with E-state index in [-0.39, 0.29) is 5.41 Å².